The molecule has 94 valence electrons. The standard InChI is InChI=1S/C15H17NOS/c1-16-10-12-4-3-7-15(9-12)18-11-13-5-2-6-14(17)8-13/h2-9,16-17H,10-11H2,1H3. The van der Waals surface area contributed by atoms with Crippen LogP contribution in [0.1, 0.15) is 11.1 Å². The molecule has 0 aliphatic rings. The second-order valence-electron chi connectivity index (χ2n) is 4.14. The van der Waals surface area contributed by atoms with Crippen LogP contribution in [0.2, 0.25) is 0 Å². The van der Waals surface area contributed by atoms with Crippen molar-refractivity contribution in [2.24, 2.45) is 0 Å². The van der Waals surface area contributed by atoms with Crippen LogP contribution in [0.25, 0.3) is 0 Å². The zero-order valence-electron chi connectivity index (χ0n) is 10.4. The molecule has 3 heteroatoms. The van der Waals surface area contributed by atoms with Crippen molar-refractivity contribution in [3.63, 3.8) is 0 Å². The third-order valence-corrected chi connectivity index (χ3v) is 3.66. The molecule has 0 spiro atoms. The summed E-state index contributed by atoms with van der Waals surface area (Å²) >= 11 is 1.78. The molecule has 0 unspecified atom stereocenters. The fourth-order valence-corrected chi connectivity index (χ4v) is 2.68. The Morgan fingerprint density at radius 1 is 1.06 bits per heavy atom. The maximum absolute atomic E-state index is 9.41. The Bertz CT molecular complexity index is 513. The lowest BCUT2D eigenvalue weighted by atomic mass is 10.2. The van der Waals surface area contributed by atoms with Gasteiger partial charge in [0.15, 0.2) is 0 Å². The van der Waals surface area contributed by atoms with Crippen molar-refractivity contribution < 1.29 is 5.11 Å². The molecule has 0 radical (unpaired) electrons. The highest BCUT2D eigenvalue weighted by molar-refractivity contribution is 7.98. The Balaban J connectivity index is 1.99. The summed E-state index contributed by atoms with van der Waals surface area (Å²) < 4.78 is 0. The molecule has 2 aromatic carbocycles. The van der Waals surface area contributed by atoms with E-state index >= 15 is 0 Å². The second kappa shape index (κ2) is 6.47. The Kier molecular flexibility index (Phi) is 4.67. The first-order chi connectivity index (χ1) is 8.78. The summed E-state index contributed by atoms with van der Waals surface area (Å²) in [6.07, 6.45) is 0. The van der Waals surface area contributed by atoms with Crippen LogP contribution >= 0.6 is 11.8 Å². The highest BCUT2D eigenvalue weighted by Gasteiger charge is 1.99. The van der Waals surface area contributed by atoms with E-state index in [9.17, 15) is 5.11 Å². The average molecular weight is 259 g/mol. The molecule has 0 aliphatic heterocycles. The first-order valence-corrected chi connectivity index (χ1v) is 6.91. The lowest BCUT2D eigenvalue weighted by Crippen LogP contribution is -2.04. The van der Waals surface area contributed by atoms with Crippen molar-refractivity contribution >= 4 is 11.8 Å². The van der Waals surface area contributed by atoms with Gasteiger partial charge in [0.25, 0.3) is 0 Å². The van der Waals surface area contributed by atoms with Gasteiger partial charge in [-0.1, -0.05) is 24.3 Å². The lowest BCUT2D eigenvalue weighted by Gasteiger charge is -2.05. The van der Waals surface area contributed by atoms with Crippen LogP contribution in [0, 0.1) is 0 Å². The van der Waals surface area contributed by atoms with Gasteiger partial charge in [0.1, 0.15) is 5.75 Å². The van der Waals surface area contributed by atoms with E-state index in [1.807, 2.05) is 25.2 Å². The van der Waals surface area contributed by atoms with Crippen LogP contribution in [0.3, 0.4) is 0 Å². The smallest absolute Gasteiger partial charge is 0.115 e. The number of aromatic hydroxyl groups is 1. The van der Waals surface area contributed by atoms with Crippen LogP contribution < -0.4 is 5.32 Å². The average Bonchev–Trinajstić information content (AvgIpc) is 2.37. The van der Waals surface area contributed by atoms with E-state index in [1.165, 1.54) is 10.5 Å². The van der Waals surface area contributed by atoms with Crippen molar-refractivity contribution in [3.8, 4) is 5.75 Å². The van der Waals surface area contributed by atoms with Gasteiger partial charge >= 0.3 is 0 Å². The summed E-state index contributed by atoms with van der Waals surface area (Å²) in [5, 5.41) is 12.6. The van der Waals surface area contributed by atoms with Gasteiger partial charge in [-0.05, 0) is 42.4 Å². The van der Waals surface area contributed by atoms with E-state index < -0.39 is 0 Å². The second-order valence-corrected chi connectivity index (χ2v) is 5.19. The summed E-state index contributed by atoms with van der Waals surface area (Å²) in [6.45, 7) is 0.889. The van der Waals surface area contributed by atoms with Gasteiger partial charge in [0, 0.05) is 17.2 Å². The van der Waals surface area contributed by atoms with E-state index in [0.29, 0.717) is 5.75 Å². The molecule has 0 bridgehead atoms. The molecular weight excluding hydrogens is 242 g/mol. The van der Waals surface area contributed by atoms with E-state index in [0.717, 1.165) is 17.9 Å². The summed E-state index contributed by atoms with van der Waals surface area (Å²) in [5.41, 5.74) is 2.43. The minimum atomic E-state index is 0.331. The van der Waals surface area contributed by atoms with Gasteiger partial charge in [0.05, 0.1) is 0 Å². The van der Waals surface area contributed by atoms with Crippen LogP contribution in [0.15, 0.2) is 53.4 Å². The van der Waals surface area contributed by atoms with Crippen molar-refractivity contribution in [1.29, 1.82) is 0 Å². The summed E-state index contributed by atoms with van der Waals surface area (Å²) in [4.78, 5) is 1.26. The van der Waals surface area contributed by atoms with Crippen molar-refractivity contribution in [3.05, 3.63) is 59.7 Å². The van der Waals surface area contributed by atoms with Crippen molar-refractivity contribution in [2.75, 3.05) is 7.05 Å². The molecule has 2 N–H and O–H groups in total. The molecule has 0 aliphatic carbocycles. The van der Waals surface area contributed by atoms with Gasteiger partial charge in [0.2, 0.25) is 0 Å². The molecule has 0 heterocycles. The summed E-state index contributed by atoms with van der Waals surface area (Å²) in [6, 6.07) is 15.9. The van der Waals surface area contributed by atoms with Gasteiger partial charge < -0.3 is 10.4 Å². The highest BCUT2D eigenvalue weighted by Crippen LogP contribution is 2.24. The molecule has 2 rings (SSSR count). The van der Waals surface area contributed by atoms with Crippen LogP contribution in [-0.4, -0.2) is 12.2 Å². The Morgan fingerprint density at radius 3 is 2.61 bits per heavy atom. The molecule has 2 nitrogen and oxygen atoms in total. The fourth-order valence-electron chi connectivity index (χ4n) is 1.76. The number of rotatable bonds is 5. The SMILES string of the molecule is CNCc1cccc(SCc2cccc(O)c2)c1. The Hall–Kier alpha value is -1.45. The topological polar surface area (TPSA) is 32.3 Å². The number of thioether (sulfide) groups is 1. The van der Waals surface area contributed by atoms with Gasteiger partial charge in [-0.25, -0.2) is 0 Å². The van der Waals surface area contributed by atoms with Gasteiger partial charge in [-0.15, -0.1) is 11.8 Å². The lowest BCUT2D eigenvalue weighted by molar-refractivity contribution is 0.475. The van der Waals surface area contributed by atoms with Gasteiger partial charge in [-0.3, -0.25) is 0 Å². The van der Waals surface area contributed by atoms with Crippen LogP contribution in [0.4, 0.5) is 0 Å². The minimum Gasteiger partial charge on any atom is -0.508 e. The number of benzene rings is 2. The van der Waals surface area contributed by atoms with Crippen molar-refractivity contribution in [1.82, 2.24) is 5.32 Å². The zero-order valence-corrected chi connectivity index (χ0v) is 11.2. The van der Waals surface area contributed by atoms with Crippen molar-refractivity contribution in [2.45, 2.75) is 17.2 Å². The predicted octanol–water partition coefficient (Wildman–Crippen LogP) is 3.40. The monoisotopic (exact) mass is 259 g/mol. The fraction of sp³-hybridized carbons (Fsp3) is 0.200. The third-order valence-electron chi connectivity index (χ3n) is 2.60. The molecule has 0 saturated carbocycles. The number of phenols is 1. The number of nitrogens with one attached hydrogen (secondary N) is 1. The molecule has 0 aromatic heterocycles. The van der Waals surface area contributed by atoms with E-state index in [4.69, 9.17) is 0 Å². The molecule has 18 heavy (non-hydrogen) atoms. The molecule has 0 saturated heterocycles. The minimum absolute atomic E-state index is 0.331. The molecule has 0 amide bonds. The van der Waals surface area contributed by atoms with Gasteiger partial charge in [-0.2, -0.15) is 0 Å². The molecule has 2 aromatic rings. The summed E-state index contributed by atoms with van der Waals surface area (Å²) in [7, 11) is 1.95. The zero-order chi connectivity index (χ0) is 12.8. The normalized spacial score (nSPS) is 10.5. The number of phenolic OH excluding ortho intramolecular Hbond substituents is 1. The Morgan fingerprint density at radius 2 is 1.83 bits per heavy atom. The quantitative estimate of drug-likeness (QED) is 0.807. The largest absolute Gasteiger partial charge is 0.508 e. The Labute approximate surface area is 112 Å². The van der Waals surface area contributed by atoms with E-state index in [1.54, 1.807) is 17.8 Å². The van der Waals surface area contributed by atoms with Crippen LogP contribution in [-0.2, 0) is 12.3 Å². The first-order valence-electron chi connectivity index (χ1n) is 5.92. The number of hydrogen-bond acceptors (Lipinski definition) is 3. The molecule has 0 fully saturated rings. The predicted molar refractivity (Wildman–Crippen MR) is 76.9 cm³/mol. The van der Waals surface area contributed by atoms with E-state index in [-0.39, 0.29) is 0 Å². The van der Waals surface area contributed by atoms with E-state index in [2.05, 4.69) is 29.6 Å². The first kappa shape index (κ1) is 13.0. The number of hydrogen-bond donors (Lipinski definition) is 2. The van der Waals surface area contributed by atoms with Crippen LogP contribution in [0.5, 0.6) is 5.75 Å². The molecular formula is C15H17NOS. The maximum Gasteiger partial charge on any atom is 0.115 e. The maximum atomic E-state index is 9.41. The molecule has 0 atom stereocenters. The third kappa shape index (κ3) is 3.79. The summed E-state index contributed by atoms with van der Waals surface area (Å²) in [5.74, 6) is 1.20. The highest BCUT2D eigenvalue weighted by atomic mass is 32.2.